The fourth-order valence-electron chi connectivity index (χ4n) is 3.57. The van der Waals surface area contributed by atoms with Crippen LogP contribution in [0, 0.1) is 6.92 Å². The summed E-state index contributed by atoms with van der Waals surface area (Å²) in [6, 6.07) is 6.00. The van der Waals surface area contributed by atoms with Crippen molar-refractivity contribution in [3.8, 4) is 0 Å². The van der Waals surface area contributed by atoms with E-state index in [1.54, 1.807) is 6.07 Å². The van der Waals surface area contributed by atoms with Crippen molar-refractivity contribution in [2.24, 2.45) is 0 Å². The average molecular weight is 408 g/mol. The quantitative estimate of drug-likeness (QED) is 0.773. The second-order valence-electron chi connectivity index (χ2n) is 7.08. The molecule has 2 aliphatic heterocycles. The van der Waals surface area contributed by atoms with Gasteiger partial charge in [-0.1, -0.05) is 6.07 Å². The van der Waals surface area contributed by atoms with Gasteiger partial charge in [-0.15, -0.1) is 0 Å². The molecule has 2 aromatic rings. The molecule has 0 radical (unpaired) electrons. The molecule has 0 N–H and O–H groups in total. The molecule has 0 unspecified atom stereocenters. The van der Waals surface area contributed by atoms with Gasteiger partial charge in [-0.2, -0.15) is 13.2 Å². The highest BCUT2D eigenvalue weighted by molar-refractivity contribution is 5.53. The molecular formula is C19H23F3N6O. The molecule has 2 saturated heterocycles. The number of rotatable bonds is 3. The second-order valence-corrected chi connectivity index (χ2v) is 7.08. The van der Waals surface area contributed by atoms with Gasteiger partial charge in [0.1, 0.15) is 29.0 Å². The number of alkyl halides is 3. The molecule has 156 valence electrons. The van der Waals surface area contributed by atoms with E-state index in [4.69, 9.17) is 4.74 Å². The summed E-state index contributed by atoms with van der Waals surface area (Å²) in [6.07, 6.45) is -4.44. The van der Waals surface area contributed by atoms with Crippen molar-refractivity contribution in [1.29, 1.82) is 0 Å². The molecule has 4 rings (SSSR count). The lowest BCUT2D eigenvalue weighted by Gasteiger charge is -2.36. The lowest BCUT2D eigenvalue weighted by Crippen LogP contribution is -2.47. The molecule has 0 saturated carbocycles. The largest absolute Gasteiger partial charge is 0.433 e. The first-order valence-electron chi connectivity index (χ1n) is 9.63. The Hall–Kier alpha value is -2.62. The SMILES string of the molecule is Cc1nc(N2CCOCC2)cc(N2CCN(c3cccc(C(F)(F)F)n3)CC2)n1. The molecule has 2 aliphatic rings. The summed E-state index contributed by atoms with van der Waals surface area (Å²) in [7, 11) is 0. The Bertz CT molecular complexity index is 848. The highest BCUT2D eigenvalue weighted by atomic mass is 19.4. The van der Waals surface area contributed by atoms with Crippen molar-refractivity contribution >= 4 is 17.5 Å². The lowest BCUT2D eigenvalue weighted by atomic mass is 10.2. The van der Waals surface area contributed by atoms with Gasteiger partial charge in [-0.05, 0) is 19.1 Å². The molecule has 0 atom stereocenters. The van der Waals surface area contributed by atoms with Crippen molar-refractivity contribution in [3.05, 3.63) is 35.8 Å². The van der Waals surface area contributed by atoms with Crippen LogP contribution in [-0.2, 0) is 10.9 Å². The molecular weight excluding hydrogens is 385 g/mol. The maximum atomic E-state index is 12.9. The second kappa shape index (κ2) is 8.02. The van der Waals surface area contributed by atoms with Crippen LogP contribution >= 0.6 is 0 Å². The van der Waals surface area contributed by atoms with Gasteiger partial charge in [0.05, 0.1) is 13.2 Å². The molecule has 0 bridgehead atoms. The van der Waals surface area contributed by atoms with Gasteiger partial charge in [-0.25, -0.2) is 15.0 Å². The van der Waals surface area contributed by atoms with Crippen LogP contribution in [0.3, 0.4) is 0 Å². The Kier molecular flexibility index (Phi) is 5.44. The van der Waals surface area contributed by atoms with E-state index in [0.717, 1.165) is 30.8 Å². The van der Waals surface area contributed by atoms with Gasteiger partial charge in [-0.3, -0.25) is 0 Å². The average Bonchev–Trinajstić information content (AvgIpc) is 2.73. The number of halogens is 3. The minimum absolute atomic E-state index is 0.354. The van der Waals surface area contributed by atoms with Crippen molar-refractivity contribution < 1.29 is 17.9 Å². The van der Waals surface area contributed by atoms with Gasteiger partial charge in [0.25, 0.3) is 0 Å². The van der Waals surface area contributed by atoms with Gasteiger partial charge in [0.2, 0.25) is 0 Å². The molecule has 29 heavy (non-hydrogen) atoms. The van der Waals surface area contributed by atoms with Crippen LogP contribution in [0.2, 0.25) is 0 Å². The predicted molar refractivity (Wildman–Crippen MR) is 103 cm³/mol. The highest BCUT2D eigenvalue weighted by Gasteiger charge is 2.33. The summed E-state index contributed by atoms with van der Waals surface area (Å²) < 4.78 is 44.2. The Morgan fingerprint density at radius 1 is 0.793 bits per heavy atom. The number of aromatic nitrogens is 3. The summed E-state index contributed by atoms with van der Waals surface area (Å²) >= 11 is 0. The summed E-state index contributed by atoms with van der Waals surface area (Å²) in [5.74, 6) is 2.78. The monoisotopic (exact) mass is 408 g/mol. The molecule has 0 amide bonds. The fraction of sp³-hybridized carbons (Fsp3) is 0.526. The Morgan fingerprint density at radius 3 is 1.93 bits per heavy atom. The number of aryl methyl sites for hydroxylation is 1. The zero-order valence-corrected chi connectivity index (χ0v) is 16.2. The van der Waals surface area contributed by atoms with Crippen molar-refractivity contribution in [3.63, 3.8) is 0 Å². The molecule has 0 aliphatic carbocycles. The third kappa shape index (κ3) is 4.52. The van der Waals surface area contributed by atoms with Crippen LogP contribution in [0.25, 0.3) is 0 Å². The zero-order chi connectivity index (χ0) is 20.4. The first kappa shape index (κ1) is 19.7. The molecule has 2 aromatic heterocycles. The first-order valence-corrected chi connectivity index (χ1v) is 9.63. The summed E-state index contributed by atoms with van der Waals surface area (Å²) in [5.41, 5.74) is -0.862. The van der Waals surface area contributed by atoms with Crippen molar-refractivity contribution in [2.45, 2.75) is 13.1 Å². The Labute approximate surface area is 167 Å². The topological polar surface area (TPSA) is 57.6 Å². The zero-order valence-electron chi connectivity index (χ0n) is 16.2. The van der Waals surface area contributed by atoms with E-state index < -0.39 is 11.9 Å². The van der Waals surface area contributed by atoms with E-state index in [0.29, 0.717) is 51.0 Å². The van der Waals surface area contributed by atoms with Gasteiger partial charge >= 0.3 is 6.18 Å². The maximum absolute atomic E-state index is 12.9. The van der Waals surface area contributed by atoms with Crippen LogP contribution in [0.15, 0.2) is 24.3 Å². The summed E-state index contributed by atoms with van der Waals surface area (Å²) in [4.78, 5) is 19.1. The van der Waals surface area contributed by atoms with Gasteiger partial charge < -0.3 is 19.4 Å². The van der Waals surface area contributed by atoms with Crippen LogP contribution in [0.4, 0.5) is 30.6 Å². The minimum atomic E-state index is -4.44. The molecule has 7 nitrogen and oxygen atoms in total. The Morgan fingerprint density at radius 2 is 1.34 bits per heavy atom. The highest BCUT2D eigenvalue weighted by Crippen LogP contribution is 2.29. The van der Waals surface area contributed by atoms with E-state index in [-0.39, 0.29) is 0 Å². The lowest BCUT2D eigenvalue weighted by molar-refractivity contribution is -0.141. The smallest absolute Gasteiger partial charge is 0.378 e. The third-order valence-electron chi connectivity index (χ3n) is 5.10. The van der Waals surface area contributed by atoms with E-state index in [1.807, 2.05) is 17.9 Å². The molecule has 2 fully saturated rings. The van der Waals surface area contributed by atoms with Crippen molar-refractivity contribution in [2.75, 3.05) is 67.2 Å². The molecule has 10 heteroatoms. The predicted octanol–water partition coefficient (Wildman–Crippen LogP) is 2.36. The van der Waals surface area contributed by atoms with E-state index in [1.165, 1.54) is 6.07 Å². The number of nitrogens with zero attached hydrogens (tertiary/aromatic N) is 6. The third-order valence-corrected chi connectivity index (χ3v) is 5.10. The molecule has 4 heterocycles. The number of anilines is 3. The van der Waals surface area contributed by atoms with Crippen LogP contribution < -0.4 is 14.7 Å². The van der Waals surface area contributed by atoms with Gasteiger partial charge in [0, 0.05) is 45.3 Å². The fourth-order valence-corrected chi connectivity index (χ4v) is 3.57. The number of ether oxygens (including phenoxy) is 1. The summed E-state index contributed by atoms with van der Waals surface area (Å²) in [5, 5.41) is 0. The van der Waals surface area contributed by atoms with Crippen LogP contribution in [-0.4, -0.2) is 67.4 Å². The van der Waals surface area contributed by atoms with E-state index in [2.05, 4.69) is 24.8 Å². The van der Waals surface area contributed by atoms with Crippen LogP contribution in [0.1, 0.15) is 11.5 Å². The minimum Gasteiger partial charge on any atom is -0.378 e. The van der Waals surface area contributed by atoms with E-state index in [9.17, 15) is 13.2 Å². The Balaban J connectivity index is 1.45. The molecule has 0 spiro atoms. The van der Waals surface area contributed by atoms with Crippen LogP contribution in [0.5, 0.6) is 0 Å². The van der Waals surface area contributed by atoms with Crippen molar-refractivity contribution in [1.82, 2.24) is 15.0 Å². The number of hydrogen-bond donors (Lipinski definition) is 0. The number of piperazine rings is 1. The standard InChI is InChI=1S/C19H23F3N6O/c1-14-23-17(13-18(24-14)28-9-11-29-12-10-28)27-7-5-26(6-8-27)16-4-2-3-15(25-16)19(20,21)22/h2-4,13H,5-12H2,1H3. The van der Waals surface area contributed by atoms with E-state index >= 15 is 0 Å². The number of pyridine rings is 1. The normalized spacial score (nSPS) is 18.3. The number of hydrogen-bond acceptors (Lipinski definition) is 7. The van der Waals surface area contributed by atoms with Gasteiger partial charge in [0.15, 0.2) is 0 Å². The molecule has 0 aromatic carbocycles. The number of morpholine rings is 1. The maximum Gasteiger partial charge on any atom is 0.433 e. The summed E-state index contributed by atoms with van der Waals surface area (Å²) in [6.45, 7) is 7.27. The first-order chi connectivity index (χ1) is 13.9.